The van der Waals surface area contributed by atoms with E-state index in [-0.39, 0.29) is 0 Å². The number of carbonyl (C=O) groups is 1. The minimum atomic E-state index is -0.476. The Morgan fingerprint density at radius 1 is 1.50 bits per heavy atom. The Balaban J connectivity index is 2.23. The summed E-state index contributed by atoms with van der Waals surface area (Å²) in [6.07, 6.45) is 0.113. The van der Waals surface area contributed by atoms with Crippen LogP contribution < -0.4 is 5.32 Å². The molecule has 0 aliphatic carbocycles. The van der Waals surface area contributed by atoms with Crippen molar-refractivity contribution in [2.24, 2.45) is 0 Å². The number of nitrogens with one attached hydrogen (secondary N) is 1. The van der Waals surface area contributed by atoms with Gasteiger partial charge in [-0.25, -0.2) is 4.79 Å². The van der Waals surface area contributed by atoms with Crippen molar-refractivity contribution < 1.29 is 13.9 Å². The summed E-state index contributed by atoms with van der Waals surface area (Å²) in [6, 6.07) is 3.56. The number of amides is 1. The fraction of sp³-hybridized carbons (Fsp3) is 0.462. The highest BCUT2D eigenvalue weighted by molar-refractivity contribution is 9.10. The molecule has 1 aromatic heterocycles. The Labute approximate surface area is 115 Å². The van der Waals surface area contributed by atoms with Gasteiger partial charge in [-0.3, -0.25) is 0 Å². The smallest absolute Gasteiger partial charge is 0.407 e. The largest absolute Gasteiger partial charge is 0.444 e. The van der Waals surface area contributed by atoms with E-state index in [4.69, 9.17) is 9.15 Å². The second-order valence-electron chi connectivity index (χ2n) is 4.58. The van der Waals surface area contributed by atoms with Gasteiger partial charge in [-0.2, -0.15) is 0 Å². The van der Waals surface area contributed by atoms with Gasteiger partial charge in [-0.1, -0.05) is 5.92 Å². The topological polar surface area (TPSA) is 51.5 Å². The van der Waals surface area contributed by atoms with Crippen molar-refractivity contribution in [1.29, 1.82) is 0 Å². The van der Waals surface area contributed by atoms with Gasteiger partial charge in [0.25, 0.3) is 0 Å². The van der Waals surface area contributed by atoms with Gasteiger partial charge in [-0.05, 0) is 54.8 Å². The number of alkyl carbamates (subject to hydrolysis) is 1. The monoisotopic (exact) mass is 313 g/mol. The van der Waals surface area contributed by atoms with Crippen LogP contribution in [-0.2, 0) is 4.74 Å². The second-order valence-corrected chi connectivity index (χ2v) is 5.37. The lowest BCUT2D eigenvalue weighted by Gasteiger charge is -2.19. The van der Waals surface area contributed by atoms with Crippen LogP contribution in [0.15, 0.2) is 21.2 Å². The molecule has 1 heterocycles. The van der Waals surface area contributed by atoms with Crippen LogP contribution >= 0.6 is 15.9 Å². The number of carbonyl (C=O) groups excluding carboxylic acids is 1. The van der Waals surface area contributed by atoms with Crippen molar-refractivity contribution in [3.05, 3.63) is 22.6 Å². The highest BCUT2D eigenvalue weighted by atomic mass is 79.9. The Kier molecular flexibility index (Phi) is 5.29. The summed E-state index contributed by atoms with van der Waals surface area (Å²) in [4.78, 5) is 11.3. The number of halogens is 1. The Morgan fingerprint density at radius 3 is 2.78 bits per heavy atom. The van der Waals surface area contributed by atoms with Gasteiger partial charge < -0.3 is 14.5 Å². The van der Waals surface area contributed by atoms with Crippen LogP contribution in [0.2, 0.25) is 0 Å². The molecule has 0 saturated carbocycles. The summed E-state index contributed by atoms with van der Waals surface area (Å²) < 4.78 is 10.9. The third-order valence-electron chi connectivity index (χ3n) is 1.70. The number of hydrogen-bond acceptors (Lipinski definition) is 3. The first-order valence-electron chi connectivity index (χ1n) is 5.58. The molecule has 0 bridgehead atoms. The van der Waals surface area contributed by atoms with Gasteiger partial charge in [0.15, 0.2) is 10.4 Å². The molecule has 1 aromatic rings. The highest BCUT2D eigenvalue weighted by Gasteiger charge is 2.15. The molecule has 0 aromatic carbocycles. The third kappa shape index (κ3) is 6.36. The molecule has 0 aliphatic heterocycles. The van der Waals surface area contributed by atoms with Crippen molar-refractivity contribution in [3.8, 4) is 11.8 Å². The van der Waals surface area contributed by atoms with E-state index in [0.717, 1.165) is 0 Å². The predicted octanol–water partition coefficient (Wildman–Crippen LogP) is 3.31. The zero-order valence-corrected chi connectivity index (χ0v) is 12.3. The SMILES string of the molecule is CC(C)(C)OC(=O)NCCC#Cc1ccc(Br)o1. The number of hydrogen-bond donors (Lipinski definition) is 1. The molecule has 0 atom stereocenters. The maximum atomic E-state index is 11.3. The third-order valence-corrected chi connectivity index (χ3v) is 2.13. The van der Waals surface area contributed by atoms with Crippen molar-refractivity contribution >= 4 is 22.0 Å². The molecular formula is C13H16BrNO3. The maximum absolute atomic E-state index is 11.3. The second kappa shape index (κ2) is 6.50. The van der Waals surface area contributed by atoms with Crippen molar-refractivity contribution in [3.63, 3.8) is 0 Å². The average molecular weight is 314 g/mol. The van der Waals surface area contributed by atoms with Gasteiger partial charge >= 0.3 is 6.09 Å². The van der Waals surface area contributed by atoms with Crippen LogP contribution in [-0.4, -0.2) is 18.2 Å². The maximum Gasteiger partial charge on any atom is 0.407 e. The van der Waals surface area contributed by atoms with E-state index in [1.165, 1.54) is 0 Å². The summed E-state index contributed by atoms with van der Waals surface area (Å²) in [5, 5.41) is 2.63. The van der Waals surface area contributed by atoms with Crippen LogP contribution in [0.4, 0.5) is 4.79 Å². The van der Waals surface area contributed by atoms with Crippen LogP contribution in [0, 0.1) is 11.8 Å². The molecule has 0 fully saturated rings. The summed E-state index contributed by atoms with van der Waals surface area (Å²) in [5.74, 6) is 6.34. The molecule has 0 aliphatic rings. The molecule has 0 saturated heterocycles. The molecule has 0 spiro atoms. The minimum absolute atomic E-state index is 0.426. The fourth-order valence-electron chi connectivity index (χ4n) is 1.07. The van der Waals surface area contributed by atoms with Crippen molar-refractivity contribution in [2.45, 2.75) is 32.8 Å². The molecule has 5 heteroatoms. The molecule has 4 nitrogen and oxygen atoms in total. The zero-order chi connectivity index (χ0) is 13.6. The van der Waals surface area contributed by atoms with Gasteiger partial charge in [0, 0.05) is 13.0 Å². The fourth-order valence-corrected chi connectivity index (χ4v) is 1.38. The molecule has 1 rings (SSSR count). The van der Waals surface area contributed by atoms with Crippen molar-refractivity contribution in [2.75, 3.05) is 6.54 Å². The number of rotatable bonds is 2. The first kappa shape index (κ1) is 14.7. The highest BCUT2D eigenvalue weighted by Crippen LogP contribution is 2.12. The molecule has 0 unspecified atom stereocenters. The molecule has 98 valence electrons. The lowest BCUT2D eigenvalue weighted by Crippen LogP contribution is -2.32. The van der Waals surface area contributed by atoms with Crippen LogP contribution in [0.3, 0.4) is 0 Å². The van der Waals surface area contributed by atoms with E-state index >= 15 is 0 Å². The van der Waals surface area contributed by atoms with Gasteiger partial charge in [0.2, 0.25) is 0 Å². The lowest BCUT2D eigenvalue weighted by molar-refractivity contribution is 0.0529. The Hall–Kier alpha value is -1.41. The van der Waals surface area contributed by atoms with Crippen LogP contribution in [0.25, 0.3) is 0 Å². The Bertz CT molecular complexity index is 463. The van der Waals surface area contributed by atoms with E-state index in [1.807, 2.05) is 20.8 Å². The van der Waals surface area contributed by atoms with Gasteiger partial charge in [0.05, 0.1) is 0 Å². The van der Waals surface area contributed by atoms with E-state index in [2.05, 4.69) is 33.1 Å². The van der Waals surface area contributed by atoms with Gasteiger partial charge in [0.1, 0.15) is 5.60 Å². The first-order chi connectivity index (χ1) is 8.37. The minimum Gasteiger partial charge on any atom is -0.444 e. The molecule has 1 N–H and O–H groups in total. The predicted molar refractivity (Wildman–Crippen MR) is 72.1 cm³/mol. The summed E-state index contributed by atoms with van der Waals surface area (Å²) in [6.45, 7) is 5.91. The molecule has 18 heavy (non-hydrogen) atoms. The van der Waals surface area contributed by atoms with Gasteiger partial charge in [-0.15, -0.1) is 0 Å². The quantitative estimate of drug-likeness (QED) is 0.673. The first-order valence-corrected chi connectivity index (χ1v) is 6.37. The standard InChI is InChI=1S/C13H16BrNO3/c1-13(2,3)18-12(16)15-9-5-4-6-10-7-8-11(14)17-10/h7-8H,5,9H2,1-3H3,(H,15,16). The number of furan rings is 1. The van der Waals surface area contributed by atoms with E-state index in [0.29, 0.717) is 23.4 Å². The summed E-state index contributed by atoms with van der Waals surface area (Å²) >= 11 is 3.19. The lowest BCUT2D eigenvalue weighted by atomic mass is 10.2. The average Bonchev–Trinajstić information content (AvgIpc) is 2.61. The van der Waals surface area contributed by atoms with Crippen LogP contribution in [0.1, 0.15) is 33.0 Å². The molecule has 0 radical (unpaired) electrons. The number of ether oxygens (including phenoxy) is 1. The van der Waals surface area contributed by atoms with E-state index in [1.54, 1.807) is 12.1 Å². The summed E-state index contributed by atoms with van der Waals surface area (Å²) in [7, 11) is 0. The summed E-state index contributed by atoms with van der Waals surface area (Å²) in [5.41, 5.74) is -0.476. The zero-order valence-electron chi connectivity index (χ0n) is 10.7. The van der Waals surface area contributed by atoms with Crippen molar-refractivity contribution in [1.82, 2.24) is 5.32 Å². The normalized spacial score (nSPS) is 10.4. The van der Waals surface area contributed by atoms with E-state index < -0.39 is 11.7 Å². The molecular weight excluding hydrogens is 298 g/mol. The van der Waals surface area contributed by atoms with E-state index in [9.17, 15) is 4.79 Å². The Morgan fingerprint density at radius 2 is 2.22 bits per heavy atom. The van der Waals surface area contributed by atoms with Crippen LogP contribution in [0.5, 0.6) is 0 Å². The molecule has 1 amide bonds.